The zero-order chi connectivity index (χ0) is 23.4. The van der Waals surface area contributed by atoms with Crippen molar-refractivity contribution in [2.24, 2.45) is 17.3 Å². The van der Waals surface area contributed by atoms with Crippen molar-refractivity contribution in [2.75, 3.05) is 18.6 Å². The van der Waals surface area contributed by atoms with Gasteiger partial charge in [-0.25, -0.2) is 5.06 Å². The molecule has 0 unspecified atom stereocenters. The summed E-state index contributed by atoms with van der Waals surface area (Å²) in [7, 11) is 1.40. The number of fused-ring (bicyclic) bond motifs is 2. The first-order valence-electron chi connectivity index (χ1n) is 12.7. The summed E-state index contributed by atoms with van der Waals surface area (Å²) in [5.41, 5.74) is -0.536. The van der Waals surface area contributed by atoms with Crippen LogP contribution in [0.15, 0.2) is 12.2 Å². The van der Waals surface area contributed by atoms with Gasteiger partial charge in [0.1, 0.15) is 0 Å². The Morgan fingerprint density at radius 3 is 2.50 bits per heavy atom. The van der Waals surface area contributed by atoms with Crippen LogP contribution in [0.2, 0.25) is 0 Å². The Kier molecular flexibility index (Phi) is 12.2. The highest BCUT2D eigenvalue weighted by atomic mass is 32.2. The maximum Gasteiger partial charge on any atom is 0.251 e. The molecule has 0 aliphatic carbocycles. The second kappa shape index (κ2) is 14.3. The monoisotopic (exact) mass is 463 g/mol. The molecule has 0 aromatic heterocycles. The van der Waals surface area contributed by atoms with Gasteiger partial charge in [0.2, 0.25) is 0 Å². The number of allylic oxidation sites excluding steroid dienone is 2. The van der Waals surface area contributed by atoms with E-state index in [-0.39, 0.29) is 5.91 Å². The number of hydrogen-bond donors (Lipinski definition) is 1. The maximum absolute atomic E-state index is 12.0. The summed E-state index contributed by atoms with van der Waals surface area (Å²) in [5.74, 6) is 6.41. The van der Waals surface area contributed by atoms with E-state index in [0.29, 0.717) is 29.1 Å². The molecule has 4 atom stereocenters. The summed E-state index contributed by atoms with van der Waals surface area (Å²) in [6.45, 7) is 3.79. The van der Waals surface area contributed by atoms with Crippen LogP contribution in [0.25, 0.3) is 0 Å². The lowest BCUT2D eigenvalue weighted by Crippen LogP contribution is -2.36. The highest BCUT2D eigenvalue weighted by molar-refractivity contribution is 7.99. The highest BCUT2D eigenvalue weighted by Crippen LogP contribution is 2.47. The number of hydrogen-bond acceptors (Lipinski definition) is 4. The molecular formula is C27H45NO3S. The van der Waals surface area contributed by atoms with E-state index in [9.17, 15) is 10.0 Å². The Hall–Kier alpha value is -0.960. The summed E-state index contributed by atoms with van der Waals surface area (Å²) in [4.78, 5) is 12.0. The van der Waals surface area contributed by atoms with Crippen LogP contribution in [0.1, 0.15) is 90.9 Å². The maximum atomic E-state index is 12.0. The van der Waals surface area contributed by atoms with Gasteiger partial charge < -0.3 is 4.74 Å². The largest absolute Gasteiger partial charge is 0.374 e. The minimum atomic E-state index is -0.536. The Balaban J connectivity index is 1.62. The van der Waals surface area contributed by atoms with Gasteiger partial charge in [-0.05, 0) is 81.1 Å². The van der Waals surface area contributed by atoms with Crippen molar-refractivity contribution in [1.82, 2.24) is 5.06 Å². The minimum Gasteiger partial charge on any atom is -0.374 e. The molecule has 5 heteroatoms. The van der Waals surface area contributed by atoms with Gasteiger partial charge in [-0.15, -0.1) is 12.3 Å². The van der Waals surface area contributed by atoms with E-state index in [1.54, 1.807) is 0 Å². The number of hydroxylamine groups is 2. The van der Waals surface area contributed by atoms with Gasteiger partial charge in [-0.2, -0.15) is 11.8 Å². The number of terminal acetylenes is 1. The molecule has 2 fully saturated rings. The van der Waals surface area contributed by atoms with Crippen molar-refractivity contribution in [3.05, 3.63) is 12.2 Å². The Morgan fingerprint density at radius 1 is 1.12 bits per heavy atom. The molecule has 2 bridgehead atoms. The van der Waals surface area contributed by atoms with E-state index in [0.717, 1.165) is 25.7 Å². The van der Waals surface area contributed by atoms with Gasteiger partial charge >= 0.3 is 0 Å². The summed E-state index contributed by atoms with van der Waals surface area (Å²) >= 11 is 2.10. The smallest absolute Gasteiger partial charge is 0.251 e. The molecule has 2 saturated heterocycles. The van der Waals surface area contributed by atoms with E-state index in [2.05, 4.69) is 29.8 Å². The lowest BCUT2D eigenvalue weighted by Gasteiger charge is -2.27. The SMILES string of the molecule is C#CCCCCCSCCCC[C@@H]1[C@H](CC=CCCC(C)(C)C(=O)N(C)O)[C@@H]2CC[C@H]1O2. The molecule has 1 N–H and O–H groups in total. The van der Waals surface area contributed by atoms with Gasteiger partial charge in [0.25, 0.3) is 5.91 Å². The zero-order valence-corrected chi connectivity index (χ0v) is 21.4. The fourth-order valence-corrected chi connectivity index (χ4v) is 6.27. The van der Waals surface area contributed by atoms with Crippen LogP contribution in [0.3, 0.4) is 0 Å². The van der Waals surface area contributed by atoms with Crippen LogP contribution in [-0.4, -0.2) is 46.9 Å². The number of ether oxygens (including phenoxy) is 1. The van der Waals surface area contributed by atoms with Crippen molar-refractivity contribution in [3.63, 3.8) is 0 Å². The molecule has 2 heterocycles. The summed E-state index contributed by atoms with van der Waals surface area (Å²) < 4.78 is 6.28. The number of amides is 1. The molecular weight excluding hydrogens is 418 g/mol. The van der Waals surface area contributed by atoms with Crippen LogP contribution in [0, 0.1) is 29.6 Å². The van der Waals surface area contributed by atoms with Crippen LogP contribution in [-0.2, 0) is 9.53 Å². The average Bonchev–Trinajstić information content (AvgIpc) is 3.36. The standard InChI is InChI=1S/C27H45NO3S/c1-5-6-7-8-13-20-32-21-14-11-16-23-22(24-17-18-25(23)31-24)15-10-9-12-19-27(2,3)26(29)28(4)30/h1,9-10,22-25,30H,6-8,11-21H2,2-4H3/t22-,23+,24-,25+/m0/s1. The fraction of sp³-hybridized carbons (Fsp3) is 0.815. The van der Waals surface area contributed by atoms with Crippen LogP contribution >= 0.6 is 11.8 Å². The molecule has 0 saturated carbocycles. The van der Waals surface area contributed by atoms with E-state index in [1.165, 1.54) is 69.9 Å². The van der Waals surface area contributed by atoms with Gasteiger partial charge in [0.15, 0.2) is 0 Å². The second-order valence-corrected chi connectivity index (χ2v) is 11.4. The molecule has 4 nitrogen and oxygen atoms in total. The normalized spacial score (nSPS) is 24.8. The van der Waals surface area contributed by atoms with Crippen LogP contribution in [0.4, 0.5) is 0 Å². The fourth-order valence-electron chi connectivity index (χ4n) is 5.25. The lowest BCUT2D eigenvalue weighted by atomic mass is 9.75. The summed E-state index contributed by atoms with van der Waals surface area (Å²) in [6, 6.07) is 0. The Labute approximate surface area is 200 Å². The Bertz CT molecular complexity index is 625. The number of unbranched alkanes of at least 4 members (excludes halogenated alkanes) is 4. The second-order valence-electron chi connectivity index (χ2n) is 10.2. The molecule has 0 spiro atoms. The van der Waals surface area contributed by atoms with E-state index in [4.69, 9.17) is 11.2 Å². The van der Waals surface area contributed by atoms with Gasteiger partial charge in [0, 0.05) is 18.9 Å². The average molecular weight is 464 g/mol. The van der Waals surface area contributed by atoms with Crippen molar-refractivity contribution >= 4 is 17.7 Å². The molecule has 2 rings (SSSR count). The predicted molar refractivity (Wildman–Crippen MR) is 135 cm³/mol. The van der Waals surface area contributed by atoms with Crippen LogP contribution in [0.5, 0.6) is 0 Å². The third-order valence-corrected chi connectivity index (χ3v) is 8.31. The first kappa shape index (κ1) is 27.3. The minimum absolute atomic E-state index is 0.227. The molecule has 182 valence electrons. The molecule has 2 aliphatic rings. The highest BCUT2D eigenvalue weighted by Gasteiger charge is 2.47. The number of carbonyl (C=O) groups is 1. The predicted octanol–water partition coefficient (Wildman–Crippen LogP) is 6.48. The van der Waals surface area contributed by atoms with E-state index < -0.39 is 5.41 Å². The van der Waals surface area contributed by atoms with Gasteiger partial charge in [0.05, 0.1) is 12.2 Å². The lowest BCUT2D eigenvalue weighted by molar-refractivity contribution is -0.169. The van der Waals surface area contributed by atoms with Gasteiger partial charge in [-0.1, -0.05) is 38.8 Å². The van der Waals surface area contributed by atoms with Crippen molar-refractivity contribution in [1.29, 1.82) is 0 Å². The van der Waals surface area contributed by atoms with Crippen molar-refractivity contribution in [3.8, 4) is 12.3 Å². The Morgan fingerprint density at radius 2 is 1.81 bits per heavy atom. The molecule has 32 heavy (non-hydrogen) atoms. The van der Waals surface area contributed by atoms with E-state index in [1.807, 2.05) is 13.8 Å². The van der Waals surface area contributed by atoms with Gasteiger partial charge in [-0.3, -0.25) is 10.0 Å². The molecule has 0 aromatic rings. The third-order valence-electron chi connectivity index (χ3n) is 7.16. The number of carbonyl (C=O) groups excluding carboxylic acids is 1. The quantitative estimate of drug-likeness (QED) is 0.0936. The summed E-state index contributed by atoms with van der Waals surface area (Å²) in [6.07, 6.45) is 24.5. The van der Waals surface area contributed by atoms with Crippen molar-refractivity contribution in [2.45, 2.75) is 103 Å². The number of rotatable bonds is 16. The molecule has 0 radical (unpaired) electrons. The molecule has 1 amide bonds. The number of nitrogens with zero attached hydrogens (tertiary/aromatic N) is 1. The first-order valence-corrected chi connectivity index (χ1v) is 13.8. The first-order chi connectivity index (χ1) is 15.4. The van der Waals surface area contributed by atoms with Crippen LogP contribution < -0.4 is 0 Å². The van der Waals surface area contributed by atoms with Crippen molar-refractivity contribution < 1.29 is 14.7 Å². The third kappa shape index (κ3) is 8.76. The molecule has 2 aliphatic heterocycles. The molecule has 0 aromatic carbocycles. The number of thioether (sulfide) groups is 1. The topological polar surface area (TPSA) is 49.8 Å². The zero-order valence-electron chi connectivity index (χ0n) is 20.6. The van der Waals surface area contributed by atoms with E-state index >= 15 is 0 Å². The summed E-state index contributed by atoms with van der Waals surface area (Å²) in [5, 5.41) is 10.1.